The standard InChI is InChI=1S/C27H32N4OS/c1-4-20-10-5-6-13-24(20)31-18(2)16-22(19(31)3)26-25(23-12-7-8-14-28-23)29-27(33)30(26)17-21-11-9-15-32-21/h5-8,10,12-14,16,21,25-26H,4,9,11,15,17H2,1-3H3,(H,29,33)/t21-,25+,26-/m1/s1. The maximum absolute atomic E-state index is 6.00. The van der Waals surface area contributed by atoms with Crippen LogP contribution in [-0.2, 0) is 11.2 Å². The zero-order valence-electron chi connectivity index (χ0n) is 19.6. The Labute approximate surface area is 201 Å². The average molecular weight is 461 g/mol. The van der Waals surface area contributed by atoms with Crippen LogP contribution in [0.2, 0.25) is 0 Å². The van der Waals surface area contributed by atoms with E-state index < -0.39 is 0 Å². The van der Waals surface area contributed by atoms with Gasteiger partial charge in [0.25, 0.3) is 0 Å². The van der Waals surface area contributed by atoms with Gasteiger partial charge < -0.3 is 19.5 Å². The molecule has 2 aliphatic rings. The normalized spacial score (nSPS) is 22.7. The SMILES string of the molecule is CCc1ccccc1-n1c(C)cc([C@@H]2[C@H](c3ccccn3)NC(=S)N2C[C@H]2CCCO2)c1C. The van der Waals surface area contributed by atoms with Gasteiger partial charge >= 0.3 is 0 Å². The Hall–Kier alpha value is -2.70. The number of para-hydroxylation sites is 1. The second-order valence-electron chi connectivity index (χ2n) is 9.06. The van der Waals surface area contributed by atoms with E-state index in [0.717, 1.165) is 43.2 Å². The minimum Gasteiger partial charge on any atom is -0.376 e. The molecular weight excluding hydrogens is 428 g/mol. The van der Waals surface area contributed by atoms with Gasteiger partial charge in [-0.15, -0.1) is 0 Å². The lowest BCUT2D eigenvalue weighted by atomic mass is 9.96. The highest BCUT2D eigenvalue weighted by atomic mass is 32.1. The average Bonchev–Trinajstić information content (AvgIpc) is 3.53. The summed E-state index contributed by atoms with van der Waals surface area (Å²) in [5.41, 5.74) is 7.40. The molecule has 0 spiro atoms. The van der Waals surface area contributed by atoms with Crippen molar-refractivity contribution in [2.45, 2.75) is 58.2 Å². The van der Waals surface area contributed by atoms with Crippen molar-refractivity contribution in [1.29, 1.82) is 0 Å². The number of hydrogen-bond donors (Lipinski definition) is 1. The molecule has 2 saturated heterocycles. The van der Waals surface area contributed by atoms with E-state index in [1.54, 1.807) is 0 Å². The van der Waals surface area contributed by atoms with Crippen molar-refractivity contribution < 1.29 is 4.74 Å². The number of aromatic nitrogens is 2. The summed E-state index contributed by atoms with van der Waals surface area (Å²) in [6, 6.07) is 17.2. The maximum atomic E-state index is 6.00. The molecule has 2 aliphatic heterocycles. The summed E-state index contributed by atoms with van der Waals surface area (Å²) >= 11 is 5.87. The van der Waals surface area contributed by atoms with Crippen molar-refractivity contribution in [3.05, 3.63) is 82.9 Å². The first-order valence-corrected chi connectivity index (χ1v) is 12.4. The quantitative estimate of drug-likeness (QED) is 0.512. The smallest absolute Gasteiger partial charge is 0.170 e. The van der Waals surface area contributed by atoms with Gasteiger partial charge in [-0.05, 0) is 80.7 Å². The number of benzene rings is 1. The van der Waals surface area contributed by atoms with Crippen LogP contribution in [-0.4, -0.2) is 38.8 Å². The van der Waals surface area contributed by atoms with Crippen LogP contribution in [0.3, 0.4) is 0 Å². The van der Waals surface area contributed by atoms with Crippen molar-refractivity contribution >= 4 is 17.3 Å². The minimum atomic E-state index is -0.00419. The second-order valence-corrected chi connectivity index (χ2v) is 9.44. The highest BCUT2D eigenvalue weighted by Crippen LogP contribution is 2.42. The van der Waals surface area contributed by atoms with Crippen molar-refractivity contribution in [1.82, 2.24) is 19.8 Å². The first kappa shape index (κ1) is 22.1. The molecule has 1 N–H and O–H groups in total. The van der Waals surface area contributed by atoms with Gasteiger partial charge in [0.15, 0.2) is 5.11 Å². The van der Waals surface area contributed by atoms with Gasteiger partial charge in [0.1, 0.15) is 0 Å². The third-order valence-corrected chi connectivity index (χ3v) is 7.38. The Morgan fingerprint density at radius 1 is 1.15 bits per heavy atom. The molecule has 2 aromatic heterocycles. The van der Waals surface area contributed by atoms with Gasteiger partial charge in [-0.1, -0.05) is 31.2 Å². The molecular formula is C27H32N4OS. The number of nitrogens with one attached hydrogen (secondary N) is 1. The largest absolute Gasteiger partial charge is 0.376 e. The lowest BCUT2D eigenvalue weighted by Gasteiger charge is -2.30. The summed E-state index contributed by atoms with van der Waals surface area (Å²) < 4.78 is 8.40. The van der Waals surface area contributed by atoms with Crippen LogP contribution >= 0.6 is 12.2 Å². The van der Waals surface area contributed by atoms with E-state index in [2.05, 4.69) is 72.0 Å². The van der Waals surface area contributed by atoms with Gasteiger partial charge in [0.05, 0.1) is 23.9 Å². The first-order valence-electron chi connectivity index (χ1n) is 11.9. The van der Waals surface area contributed by atoms with Crippen LogP contribution < -0.4 is 5.32 Å². The van der Waals surface area contributed by atoms with E-state index in [1.807, 2.05) is 18.3 Å². The lowest BCUT2D eigenvalue weighted by Crippen LogP contribution is -2.36. The van der Waals surface area contributed by atoms with Crippen LogP contribution in [0.4, 0.5) is 0 Å². The summed E-state index contributed by atoms with van der Waals surface area (Å²) in [5, 5.41) is 4.37. The monoisotopic (exact) mass is 460 g/mol. The van der Waals surface area contributed by atoms with Crippen molar-refractivity contribution in [2.24, 2.45) is 0 Å². The van der Waals surface area contributed by atoms with E-state index in [-0.39, 0.29) is 18.2 Å². The molecule has 0 amide bonds. The number of pyridine rings is 1. The zero-order valence-corrected chi connectivity index (χ0v) is 20.4. The molecule has 0 radical (unpaired) electrons. The van der Waals surface area contributed by atoms with E-state index in [1.165, 1.54) is 28.2 Å². The van der Waals surface area contributed by atoms with Crippen LogP contribution in [0.1, 0.15) is 60.1 Å². The summed E-state index contributed by atoms with van der Waals surface area (Å²) in [5.74, 6) is 0. The topological polar surface area (TPSA) is 42.3 Å². The molecule has 5 nitrogen and oxygen atoms in total. The molecule has 0 unspecified atom stereocenters. The molecule has 3 atom stereocenters. The van der Waals surface area contributed by atoms with E-state index >= 15 is 0 Å². The minimum absolute atomic E-state index is 0.00419. The molecule has 4 heterocycles. The van der Waals surface area contributed by atoms with E-state index in [4.69, 9.17) is 21.9 Å². The number of aryl methyl sites for hydroxylation is 2. The molecule has 2 fully saturated rings. The number of nitrogens with zero attached hydrogens (tertiary/aromatic N) is 3. The van der Waals surface area contributed by atoms with E-state index in [9.17, 15) is 0 Å². The number of ether oxygens (including phenoxy) is 1. The molecule has 0 saturated carbocycles. The summed E-state index contributed by atoms with van der Waals surface area (Å²) in [6.45, 7) is 8.29. The molecule has 0 bridgehead atoms. The molecule has 3 aromatic rings. The zero-order chi connectivity index (χ0) is 22.9. The fourth-order valence-electron chi connectivity index (χ4n) is 5.43. The summed E-state index contributed by atoms with van der Waals surface area (Å²) in [6.07, 6.45) is 5.29. The van der Waals surface area contributed by atoms with Crippen molar-refractivity contribution in [3.8, 4) is 5.69 Å². The Bertz CT molecular complexity index is 1140. The van der Waals surface area contributed by atoms with Crippen LogP contribution in [0.5, 0.6) is 0 Å². The van der Waals surface area contributed by atoms with Gasteiger partial charge in [0, 0.05) is 36.4 Å². The Morgan fingerprint density at radius 3 is 2.70 bits per heavy atom. The second kappa shape index (κ2) is 9.27. The molecule has 5 rings (SSSR count). The lowest BCUT2D eigenvalue weighted by molar-refractivity contribution is 0.0842. The van der Waals surface area contributed by atoms with E-state index in [0.29, 0.717) is 0 Å². The molecule has 0 aliphatic carbocycles. The molecule has 1 aromatic carbocycles. The van der Waals surface area contributed by atoms with Gasteiger partial charge in [-0.3, -0.25) is 4.98 Å². The van der Waals surface area contributed by atoms with Crippen LogP contribution in [0.25, 0.3) is 5.69 Å². The predicted octanol–water partition coefficient (Wildman–Crippen LogP) is 5.20. The maximum Gasteiger partial charge on any atom is 0.170 e. The number of hydrogen-bond acceptors (Lipinski definition) is 3. The third kappa shape index (κ3) is 4.06. The Kier molecular flexibility index (Phi) is 6.21. The van der Waals surface area contributed by atoms with Crippen molar-refractivity contribution in [2.75, 3.05) is 13.2 Å². The van der Waals surface area contributed by atoms with Crippen LogP contribution in [0.15, 0.2) is 54.7 Å². The molecule has 33 heavy (non-hydrogen) atoms. The third-order valence-electron chi connectivity index (χ3n) is 7.02. The summed E-state index contributed by atoms with van der Waals surface area (Å²) in [7, 11) is 0. The molecule has 6 heteroatoms. The fraction of sp³-hybridized carbons (Fsp3) is 0.407. The van der Waals surface area contributed by atoms with Gasteiger partial charge in [-0.25, -0.2) is 0 Å². The summed E-state index contributed by atoms with van der Waals surface area (Å²) in [4.78, 5) is 7.03. The molecule has 172 valence electrons. The first-order chi connectivity index (χ1) is 16.1. The van der Waals surface area contributed by atoms with Crippen LogP contribution in [0, 0.1) is 13.8 Å². The highest BCUT2D eigenvalue weighted by molar-refractivity contribution is 7.80. The van der Waals surface area contributed by atoms with Gasteiger partial charge in [-0.2, -0.15) is 0 Å². The Morgan fingerprint density at radius 2 is 1.97 bits per heavy atom. The highest BCUT2D eigenvalue weighted by Gasteiger charge is 2.42. The number of thiocarbonyl (C=S) groups is 1. The predicted molar refractivity (Wildman–Crippen MR) is 136 cm³/mol. The Balaban J connectivity index is 1.61. The number of rotatable bonds is 6. The van der Waals surface area contributed by atoms with Gasteiger partial charge in [0.2, 0.25) is 0 Å². The van der Waals surface area contributed by atoms with Crippen molar-refractivity contribution in [3.63, 3.8) is 0 Å². The fourth-order valence-corrected chi connectivity index (χ4v) is 5.75.